The molecule has 5 aromatic rings. The molecule has 2 aromatic heterocycles. The number of carbonyl (C=O) groups is 1. The summed E-state index contributed by atoms with van der Waals surface area (Å²) in [4.78, 5) is 16.8. The molecule has 0 saturated heterocycles. The highest BCUT2D eigenvalue weighted by molar-refractivity contribution is 5.76. The lowest BCUT2D eigenvalue weighted by atomic mass is 10.1. The molecule has 2 heterocycles. The fourth-order valence-electron chi connectivity index (χ4n) is 4.33. The Balaban J connectivity index is 1.20. The van der Waals surface area contributed by atoms with Crippen molar-refractivity contribution >= 4 is 5.97 Å². The van der Waals surface area contributed by atoms with E-state index in [1.807, 2.05) is 97.5 Å². The minimum absolute atomic E-state index is 0.196. The van der Waals surface area contributed by atoms with Gasteiger partial charge in [0, 0.05) is 29.4 Å². The van der Waals surface area contributed by atoms with Crippen LogP contribution in [0, 0.1) is 6.92 Å². The predicted molar refractivity (Wildman–Crippen MR) is 149 cm³/mol. The minimum atomic E-state index is -0.248. The molecule has 0 atom stereocenters. The second kappa shape index (κ2) is 12.3. The van der Waals surface area contributed by atoms with Crippen LogP contribution in [0.25, 0.3) is 22.7 Å². The van der Waals surface area contributed by atoms with Gasteiger partial charge in [-0.15, -0.1) is 0 Å². The monoisotopic (exact) mass is 521 g/mol. The molecule has 0 N–H and O–H groups in total. The maximum atomic E-state index is 12.2. The van der Waals surface area contributed by atoms with E-state index >= 15 is 0 Å². The van der Waals surface area contributed by atoms with E-state index in [9.17, 15) is 4.79 Å². The van der Waals surface area contributed by atoms with Crippen molar-refractivity contribution in [1.29, 1.82) is 0 Å². The van der Waals surface area contributed by atoms with Crippen molar-refractivity contribution in [3.8, 4) is 28.5 Å². The highest BCUT2D eigenvalue weighted by Gasteiger charge is 2.16. The first kappa shape index (κ1) is 26.0. The van der Waals surface area contributed by atoms with E-state index in [1.54, 1.807) is 0 Å². The summed E-state index contributed by atoms with van der Waals surface area (Å²) < 4.78 is 18.9. The molecule has 0 unspecified atom stereocenters. The molecule has 3 aromatic carbocycles. The molecule has 0 radical (unpaired) electrons. The standard InChI is InChI=1S/C32H31N3O4/c1-3-37-30(36)20-27-21-35(34-31(27)25-10-6-4-7-11-25)19-18-24-14-16-28(17-15-24)38-22-29-23(2)39-32(33-29)26-12-8-5-9-13-26/h4-17,21H,3,18-20,22H2,1-2H3. The van der Waals surface area contributed by atoms with Crippen molar-refractivity contribution in [2.24, 2.45) is 0 Å². The molecule has 7 nitrogen and oxygen atoms in total. The number of hydrogen-bond acceptors (Lipinski definition) is 6. The second-order valence-corrected chi connectivity index (χ2v) is 9.18. The van der Waals surface area contributed by atoms with Gasteiger partial charge in [-0.25, -0.2) is 4.98 Å². The Morgan fingerprint density at radius 3 is 2.31 bits per heavy atom. The lowest BCUT2D eigenvalue weighted by Crippen LogP contribution is -2.07. The summed E-state index contributed by atoms with van der Waals surface area (Å²) in [7, 11) is 0. The average molecular weight is 522 g/mol. The maximum Gasteiger partial charge on any atom is 0.310 e. The van der Waals surface area contributed by atoms with Gasteiger partial charge in [0.2, 0.25) is 5.89 Å². The van der Waals surface area contributed by atoms with Gasteiger partial charge in [-0.05, 0) is 50.1 Å². The molecule has 0 aliphatic carbocycles. The highest BCUT2D eigenvalue weighted by atomic mass is 16.5. The lowest BCUT2D eigenvalue weighted by Gasteiger charge is -2.07. The van der Waals surface area contributed by atoms with Crippen LogP contribution in [0.15, 0.2) is 95.5 Å². The van der Waals surface area contributed by atoms with Crippen LogP contribution < -0.4 is 4.74 Å². The Hall–Kier alpha value is -4.65. The van der Waals surface area contributed by atoms with Crippen molar-refractivity contribution in [1.82, 2.24) is 14.8 Å². The van der Waals surface area contributed by atoms with Crippen LogP contribution in [0.3, 0.4) is 0 Å². The summed E-state index contributed by atoms with van der Waals surface area (Å²) in [6.45, 7) is 5.09. The molecule has 0 amide bonds. The van der Waals surface area contributed by atoms with Crippen LogP contribution in [-0.4, -0.2) is 27.3 Å². The Kier molecular flexibility index (Phi) is 8.17. The number of aromatic nitrogens is 3. The van der Waals surface area contributed by atoms with Crippen molar-refractivity contribution in [3.63, 3.8) is 0 Å². The number of hydrogen-bond donors (Lipinski definition) is 0. The number of nitrogens with zero attached hydrogens (tertiary/aromatic N) is 3. The zero-order valence-corrected chi connectivity index (χ0v) is 22.2. The van der Waals surface area contributed by atoms with Crippen LogP contribution in [0.1, 0.15) is 29.5 Å². The molecule has 0 aliphatic heterocycles. The SMILES string of the molecule is CCOC(=O)Cc1cn(CCc2ccc(OCc3nc(-c4ccccc4)oc3C)cc2)nc1-c1ccccc1. The van der Waals surface area contributed by atoms with Crippen LogP contribution in [0.2, 0.25) is 0 Å². The molecular weight excluding hydrogens is 490 g/mol. The van der Waals surface area contributed by atoms with Gasteiger partial charge in [-0.2, -0.15) is 5.10 Å². The van der Waals surface area contributed by atoms with E-state index in [2.05, 4.69) is 17.1 Å². The van der Waals surface area contributed by atoms with Crippen LogP contribution in [-0.2, 0) is 35.5 Å². The number of aryl methyl sites for hydroxylation is 3. The number of rotatable bonds is 11. The largest absolute Gasteiger partial charge is 0.487 e. The van der Waals surface area contributed by atoms with E-state index in [4.69, 9.17) is 19.0 Å². The maximum absolute atomic E-state index is 12.2. The molecule has 198 valence electrons. The first-order valence-electron chi connectivity index (χ1n) is 13.1. The molecule has 5 rings (SSSR count). The fraction of sp³-hybridized carbons (Fsp3) is 0.219. The number of benzene rings is 3. The van der Waals surface area contributed by atoms with Crippen molar-refractivity contribution in [3.05, 3.63) is 114 Å². The van der Waals surface area contributed by atoms with Crippen LogP contribution in [0.5, 0.6) is 5.75 Å². The summed E-state index contributed by atoms with van der Waals surface area (Å²) in [5, 5.41) is 4.79. The molecular formula is C32H31N3O4. The molecule has 0 aliphatic rings. The zero-order chi connectivity index (χ0) is 27.0. The fourth-order valence-corrected chi connectivity index (χ4v) is 4.33. The normalized spacial score (nSPS) is 10.9. The number of esters is 1. The molecule has 0 bridgehead atoms. The Morgan fingerprint density at radius 2 is 1.62 bits per heavy atom. The number of oxazole rings is 1. The second-order valence-electron chi connectivity index (χ2n) is 9.18. The van der Waals surface area contributed by atoms with Gasteiger partial charge >= 0.3 is 5.97 Å². The summed E-state index contributed by atoms with van der Waals surface area (Å²) in [6.07, 6.45) is 2.93. The first-order chi connectivity index (χ1) is 19.1. The van der Waals surface area contributed by atoms with Gasteiger partial charge in [-0.3, -0.25) is 9.48 Å². The van der Waals surface area contributed by atoms with Gasteiger partial charge < -0.3 is 13.9 Å². The molecule has 7 heteroatoms. The summed E-state index contributed by atoms with van der Waals surface area (Å²) in [5.41, 5.74) is 5.54. The Morgan fingerprint density at radius 1 is 0.923 bits per heavy atom. The van der Waals surface area contributed by atoms with Gasteiger partial charge in [0.05, 0.1) is 18.7 Å². The molecule has 0 spiro atoms. The third-order valence-electron chi connectivity index (χ3n) is 6.37. The molecule has 39 heavy (non-hydrogen) atoms. The lowest BCUT2D eigenvalue weighted by molar-refractivity contribution is -0.142. The van der Waals surface area contributed by atoms with E-state index < -0.39 is 0 Å². The van der Waals surface area contributed by atoms with Gasteiger partial charge in [0.1, 0.15) is 23.8 Å². The Labute approximate surface area is 228 Å². The quantitative estimate of drug-likeness (QED) is 0.186. The molecule has 0 saturated carbocycles. The van der Waals surface area contributed by atoms with Gasteiger partial charge in [-0.1, -0.05) is 60.7 Å². The average Bonchev–Trinajstić information content (AvgIpc) is 3.55. The topological polar surface area (TPSA) is 79.4 Å². The van der Waals surface area contributed by atoms with Gasteiger partial charge in [0.15, 0.2) is 0 Å². The van der Waals surface area contributed by atoms with E-state index in [-0.39, 0.29) is 12.4 Å². The van der Waals surface area contributed by atoms with E-state index in [0.717, 1.165) is 51.6 Å². The predicted octanol–water partition coefficient (Wildman–Crippen LogP) is 6.44. The Bertz CT molecular complexity index is 1510. The van der Waals surface area contributed by atoms with Crippen LogP contribution in [0.4, 0.5) is 0 Å². The van der Waals surface area contributed by atoms with Crippen LogP contribution >= 0.6 is 0 Å². The van der Waals surface area contributed by atoms with Crippen molar-refractivity contribution in [2.45, 2.75) is 39.8 Å². The zero-order valence-electron chi connectivity index (χ0n) is 22.2. The van der Waals surface area contributed by atoms with Gasteiger partial charge in [0.25, 0.3) is 0 Å². The highest BCUT2D eigenvalue weighted by Crippen LogP contribution is 2.24. The number of carbonyl (C=O) groups excluding carboxylic acids is 1. The van der Waals surface area contributed by atoms with E-state index in [1.165, 1.54) is 0 Å². The third kappa shape index (κ3) is 6.62. The summed E-state index contributed by atoms with van der Waals surface area (Å²) >= 11 is 0. The van der Waals surface area contributed by atoms with Crippen molar-refractivity contribution < 1.29 is 18.7 Å². The minimum Gasteiger partial charge on any atom is -0.487 e. The third-order valence-corrected chi connectivity index (χ3v) is 6.37. The summed E-state index contributed by atoms with van der Waals surface area (Å²) in [6, 6.07) is 27.8. The van der Waals surface area contributed by atoms with E-state index in [0.29, 0.717) is 25.6 Å². The van der Waals surface area contributed by atoms with Crippen molar-refractivity contribution in [2.75, 3.05) is 6.61 Å². The smallest absolute Gasteiger partial charge is 0.310 e. The number of ether oxygens (including phenoxy) is 2. The summed E-state index contributed by atoms with van der Waals surface area (Å²) in [5.74, 6) is 1.87. The first-order valence-corrected chi connectivity index (χ1v) is 13.1. The molecule has 0 fully saturated rings.